The zero-order chi connectivity index (χ0) is 25.9. The van der Waals surface area contributed by atoms with Gasteiger partial charge in [-0.2, -0.15) is 0 Å². The maximum absolute atomic E-state index is 13.3. The molecular weight excluding hydrogens is 470 g/mol. The number of unbranched alkanes of at least 4 members (excludes halogenated alkanes) is 2. The van der Waals surface area contributed by atoms with Crippen molar-refractivity contribution < 1.29 is 28.9 Å². The van der Waals surface area contributed by atoms with Gasteiger partial charge in [0.05, 0.1) is 24.3 Å². The van der Waals surface area contributed by atoms with Gasteiger partial charge in [0.2, 0.25) is 0 Å². The van der Waals surface area contributed by atoms with Crippen LogP contribution in [0.15, 0.2) is 48.0 Å². The zero-order valence-corrected chi connectivity index (χ0v) is 21.6. The number of amides is 1. The highest BCUT2D eigenvalue weighted by Gasteiger charge is 2.47. The number of carbonyl (C=O) groups excluding carboxylic acids is 2. The Kier molecular flexibility index (Phi) is 7.51. The number of rotatable bonds is 9. The topological polar surface area (TPSA) is 85.3 Å². The van der Waals surface area contributed by atoms with Crippen LogP contribution in [0.1, 0.15) is 68.7 Å². The Morgan fingerprint density at radius 3 is 2.68 bits per heavy atom. The van der Waals surface area contributed by atoms with Crippen LogP contribution in [0.3, 0.4) is 0 Å². The summed E-state index contributed by atoms with van der Waals surface area (Å²) in [4.78, 5) is 28.2. The third-order valence-electron chi connectivity index (χ3n) is 7.35. The van der Waals surface area contributed by atoms with E-state index in [1.54, 1.807) is 11.0 Å². The Hall–Kier alpha value is -3.32. The van der Waals surface area contributed by atoms with Crippen LogP contribution in [0.2, 0.25) is 0 Å². The maximum Gasteiger partial charge on any atom is 0.295 e. The molecule has 0 spiro atoms. The second-order valence-corrected chi connectivity index (χ2v) is 10.2. The van der Waals surface area contributed by atoms with Gasteiger partial charge in [0, 0.05) is 25.1 Å². The van der Waals surface area contributed by atoms with Crippen LogP contribution in [-0.2, 0) is 20.7 Å². The highest BCUT2D eigenvalue weighted by Crippen LogP contribution is 2.41. The first-order valence-corrected chi connectivity index (χ1v) is 13.4. The molecule has 0 aromatic heterocycles. The molecule has 3 aliphatic heterocycles. The third-order valence-corrected chi connectivity index (χ3v) is 7.35. The molecule has 1 N–H and O–H groups in total. The number of ketones is 1. The summed E-state index contributed by atoms with van der Waals surface area (Å²) in [6, 6.07) is 12.2. The lowest BCUT2D eigenvalue weighted by Gasteiger charge is -2.27. The van der Waals surface area contributed by atoms with Crippen LogP contribution in [0.4, 0.5) is 0 Å². The molecule has 1 amide bonds. The van der Waals surface area contributed by atoms with Crippen molar-refractivity contribution >= 4 is 17.4 Å². The molecule has 3 atom stereocenters. The first-order valence-electron chi connectivity index (χ1n) is 13.4. The van der Waals surface area contributed by atoms with Crippen LogP contribution < -0.4 is 9.47 Å². The molecule has 0 aliphatic carbocycles. The number of likely N-dealkylation sites (tertiary alicyclic amines) is 1. The van der Waals surface area contributed by atoms with Gasteiger partial charge >= 0.3 is 0 Å². The number of hydrogen-bond acceptors (Lipinski definition) is 6. The molecule has 2 fully saturated rings. The number of fused-ring (bicyclic) bond motifs is 1. The number of Topliss-reactive ketones (excluding diaryl/α,β-unsaturated/α-hetero) is 1. The molecule has 2 aromatic carbocycles. The standard InChI is InChI=1S/C30H35NO6/c1-3-4-5-14-35-23-11-8-20(9-12-23)27-26(29(33)30(34)31(27)18-24-7-6-15-36-24)28(32)21-10-13-25-22(17-21)16-19(2)37-25/h8-13,17,19,24,27,32H,3-7,14-16,18H2,1-2H3/t19-,24-,27+/m0/s1. The summed E-state index contributed by atoms with van der Waals surface area (Å²) in [6.45, 7) is 5.74. The van der Waals surface area contributed by atoms with E-state index >= 15 is 0 Å². The van der Waals surface area contributed by atoms with Crippen LogP contribution in [0, 0.1) is 0 Å². The molecule has 2 saturated heterocycles. The molecule has 0 saturated carbocycles. The Labute approximate surface area is 218 Å². The SMILES string of the molecule is CCCCCOc1ccc([C@@H]2C(=C(O)c3ccc4c(c3)C[C@H](C)O4)C(=O)C(=O)N2C[C@@H]2CCCO2)cc1. The van der Waals surface area contributed by atoms with Crippen molar-refractivity contribution in [3.8, 4) is 11.5 Å². The quantitative estimate of drug-likeness (QED) is 0.219. The van der Waals surface area contributed by atoms with E-state index < -0.39 is 17.7 Å². The Balaban J connectivity index is 1.49. The molecule has 196 valence electrons. The van der Waals surface area contributed by atoms with Crippen LogP contribution in [-0.4, -0.2) is 53.7 Å². The van der Waals surface area contributed by atoms with Gasteiger partial charge in [-0.1, -0.05) is 31.9 Å². The minimum absolute atomic E-state index is 0.0621. The van der Waals surface area contributed by atoms with E-state index in [1.807, 2.05) is 43.3 Å². The van der Waals surface area contributed by atoms with Gasteiger partial charge in [-0.25, -0.2) is 0 Å². The predicted molar refractivity (Wildman–Crippen MR) is 140 cm³/mol. The molecule has 7 nitrogen and oxygen atoms in total. The highest BCUT2D eigenvalue weighted by molar-refractivity contribution is 6.46. The fraction of sp³-hybridized carbons (Fsp3) is 0.467. The maximum atomic E-state index is 13.3. The van der Waals surface area contributed by atoms with E-state index in [-0.39, 0.29) is 23.5 Å². The predicted octanol–water partition coefficient (Wildman–Crippen LogP) is 5.18. The van der Waals surface area contributed by atoms with E-state index in [0.717, 1.165) is 61.2 Å². The van der Waals surface area contributed by atoms with Gasteiger partial charge in [0.15, 0.2) is 0 Å². The molecular formula is C30H35NO6. The smallest absolute Gasteiger partial charge is 0.295 e. The number of aliphatic hydroxyl groups is 1. The molecule has 3 heterocycles. The van der Waals surface area contributed by atoms with Crippen molar-refractivity contribution in [2.75, 3.05) is 19.8 Å². The van der Waals surface area contributed by atoms with Gasteiger partial charge in [-0.3, -0.25) is 9.59 Å². The van der Waals surface area contributed by atoms with Gasteiger partial charge < -0.3 is 24.2 Å². The summed E-state index contributed by atoms with van der Waals surface area (Å²) < 4.78 is 17.4. The van der Waals surface area contributed by atoms with E-state index in [0.29, 0.717) is 25.3 Å². The van der Waals surface area contributed by atoms with Crippen molar-refractivity contribution in [3.63, 3.8) is 0 Å². The second kappa shape index (κ2) is 11.0. The molecule has 3 aliphatic rings. The first-order chi connectivity index (χ1) is 18.0. The van der Waals surface area contributed by atoms with Crippen molar-refractivity contribution in [1.29, 1.82) is 0 Å². The Morgan fingerprint density at radius 2 is 1.95 bits per heavy atom. The fourth-order valence-corrected chi connectivity index (χ4v) is 5.44. The van der Waals surface area contributed by atoms with Crippen molar-refractivity contribution in [1.82, 2.24) is 4.90 Å². The molecule has 5 rings (SSSR count). The lowest BCUT2D eigenvalue weighted by atomic mass is 9.94. The molecule has 37 heavy (non-hydrogen) atoms. The van der Waals surface area contributed by atoms with Crippen LogP contribution in [0.5, 0.6) is 11.5 Å². The molecule has 0 unspecified atom stereocenters. The average Bonchev–Trinajstić information content (AvgIpc) is 3.61. The largest absolute Gasteiger partial charge is 0.507 e. The molecule has 7 heteroatoms. The molecule has 0 radical (unpaired) electrons. The monoisotopic (exact) mass is 505 g/mol. The summed E-state index contributed by atoms with van der Waals surface area (Å²) in [7, 11) is 0. The minimum Gasteiger partial charge on any atom is -0.507 e. The highest BCUT2D eigenvalue weighted by atomic mass is 16.5. The van der Waals surface area contributed by atoms with Gasteiger partial charge in [0.25, 0.3) is 11.7 Å². The fourth-order valence-electron chi connectivity index (χ4n) is 5.44. The van der Waals surface area contributed by atoms with E-state index in [1.165, 1.54) is 0 Å². The van der Waals surface area contributed by atoms with E-state index in [4.69, 9.17) is 14.2 Å². The number of aliphatic hydroxyl groups excluding tert-OH is 1. The number of nitrogens with zero attached hydrogens (tertiary/aromatic N) is 1. The number of benzene rings is 2. The second-order valence-electron chi connectivity index (χ2n) is 10.2. The summed E-state index contributed by atoms with van der Waals surface area (Å²) in [5.74, 6) is 0.0728. The Morgan fingerprint density at radius 1 is 1.14 bits per heavy atom. The zero-order valence-electron chi connectivity index (χ0n) is 21.6. The lowest BCUT2D eigenvalue weighted by molar-refractivity contribution is -0.140. The summed E-state index contributed by atoms with van der Waals surface area (Å²) >= 11 is 0. The lowest BCUT2D eigenvalue weighted by Crippen LogP contribution is -2.36. The van der Waals surface area contributed by atoms with Crippen molar-refractivity contribution in [2.45, 2.75) is 70.6 Å². The molecule has 0 bridgehead atoms. The summed E-state index contributed by atoms with van der Waals surface area (Å²) in [5.41, 5.74) is 2.34. The van der Waals surface area contributed by atoms with E-state index in [9.17, 15) is 14.7 Å². The normalized spacial score (nSPS) is 24.4. The number of carbonyl (C=O) groups is 2. The average molecular weight is 506 g/mol. The van der Waals surface area contributed by atoms with Crippen molar-refractivity contribution in [2.24, 2.45) is 0 Å². The van der Waals surface area contributed by atoms with Crippen LogP contribution >= 0.6 is 0 Å². The molecule has 2 aromatic rings. The van der Waals surface area contributed by atoms with E-state index in [2.05, 4.69) is 6.92 Å². The number of hydrogen-bond donors (Lipinski definition) is 1. The van der Waals surface area contributed by atoms with Gasteiger partial charge in [0.1, 0.15) is 23.4 Å². The van der Waals surface area contributed by atoms with Gasteiger partial charge in [-0.15, -0.1) is 0 Å². The first kappa shape index (κ1) is 25.3. The van der Waals surface area contributed by atoms with Crippen molar-refractivity contribution in [3.05, 3.63) is 64.7 Å². The van der Waals surface area contributed by atoms with Gasteiger partial charge in [-0.05, 0) is 67.6 Å². The Bertz CT molecular complexity index is 1180. The third kappa shape index (κ3) is 5.23. The minimum atomic E-state index is -0.707. The summed E-state index contributed by atoms with van der Waals surface area (Å²) in [5, 5.41) is 11.4. The number of ether oxygens (including phenoxy) is 3. The summed E-state index contributed by atoms with van der Waals surface area (Å²) in [6.07, 6.45) is 5.66. The van der Waals surface area contributed by atoms with Crippen LogP contribution in [0.25, 0.3) is 5.76 Å².